The van der Waals surface area contributed by atoms with Crippen molar-refractivity contribution in [3.05, 3.63) is 47.0 Å². The molecule has 0 aliphatic heterocycles. The summed E-state index contributed by atoms with van der Waals surface area (Å²) in [6, 6.07) is 3.31. The van der Waals surface area contributed by atoms with Gasteiger partial charge in [-0.3, -0.25) is 15.5 Å². The van der Waals surface area contributed by atoms with Crippen LogP contribution in [0.15, 0.2) is 30.7 Å². The van der Waals surface area contributed by atoms with Gasteiger partial charge in [-0.05, 0) is 12.1 Å². The van der Waals surface area contributed by atoms with Crippen LogP contribution in [-0.2, 0) is 7.05 Å². The van der Waals surface area contributed by atoms with Crippen LogP contribution in [0.5, 0.6) is 0 Å². The first-order valence-corrected chi connectivity index (χ1v) is 5.15. The van der Waals surface area contributed by atoms with E-state index in [1.807, 2.05) is 13.2 Å². The number of rotatable bonds is 3. The molecule has 0 aliphatic carbocycles. The summed E-state index contributed by atoms with van der Waals surface area (Å²) < 4.78 is 1.70. The van der Waals surface area contributed by atoms with Crippen LogP contribution >= 0.6 is 11.6 Å². The largest absolute Gasteiger partial charge is 0.275 e. The van der Waals surface area contributed by atoms with Crippen LogP contribution in [0.4, 0.5) is 0 Å². The number of nitrogens with zero attached hydrogens (tertiary/aromatic N) is 3. The molecule has 0 fully saturated rings. The number of nitrogens with one attached hydrogen (secondary N) is 1. The molecule has 2 heterocycles. The van der Waals surface area contributed by atoms with Crippen LogP contribution in [0.25, 0.3) is 0 Å². The molecule has 2 aromatic rings. The Labute approximate surface area is 98.2 Å². The van der Waals surface area contributed by atoms with Gasteiger partial charge in [0.2, 0.25) is 0 Å². The molecular formula is C10H12ClN5. The molecular weight excluding hydrogens is 226 g/mol. The lowest BCUT2D eigenvalue weighted by atomic mass is 10.1. The molecule has 1 unspecified atom stereocenters. The van der Waals surface area contributed by atoms with Gasteiger partial charge in [-0.1, -0.05) is 11.6 Å². The minimum Gasteiger partial charge on any atom is -0.275 e. The fourth-order valence-corrected chi connectivity index (χ4v) is 1.76. The van der Waals surface area contributed by atoms with E-state index in [1.165, 1.54) is 0 Å². The highest BCUT2D eigenvalue weighted by molar-refractivity contribution is 6.31. The Balaban J connectivity index is 2.40. The van der Waals surface area contributed by atoms with E-state index in [0.717, 1.165) is 5.56 Å². The van der Waals surface area contributed by atoms with Crippen LogP contribution in [-0.4, -0.2) is 14.8 Å². The lowest BCUT2D eigenvalue weighted by Crippen LogP contribution is -2.29. The van der Waals surface area contributed by atoms with Crippen molar-refractivity contribution in [2.24, 2.45) is 12.9 Å². The van der Waals surface area contributed by atoms with Crippen molar-refractivity contribution < 1.29 is 0 Å². The normalized spacial score (nSPS) is 12.7. The van der Waals surface area contributed by atoms with Crippen LogP contribution in [0, 0.1) is 0 Å². The van der Waals surface area contributed by atoms with E-state index in [4.69, 9.17) is 17.4 Å². The third-order valence-corrected chi connectivity index (χ3v) is 2.60. The van der Waals surface area contributed by atoms with Gasteiger partial charge in [-0.25, -0.2) is 5.43 Å². The Hall–Kier alpha value is -1.43. The molecule has 16 heavy (non-hydrogen) atoms. The summed E-state index contributed by atoms with van der Waals surface area (Å²) in [6.45, 7) is 0. The van der Waals surface area contributed by atoms with Gasteiger partial charge >= 0.3 is 0 Å². The second-order valence-electron chi connectivity index (χ2n) is 3.42. The zero-order valence-electron chi connectivity index (χ0n) is 8.76. The summed E-state index contributed by atoms with van der Waals surface area (Å²) in [5, 5.41) is 4.67. The van der Waals surface area contributed by atoms with Gasteiger partial charge in [0.15, 0.2) is 0 Å². The van der Waals surface area contributed by atoms with Crippen LogP contribution in [0.3, 0.4) is 0 Å². The molecule has 2 rings (SSSR count). The number of aromatic nitrogens is 3. The minimum absolute atomic E-state index is 0.248. The van der Waals surface area contributed by atoms with Crippen molar-refractivity contribution >= 4 is 11.6 Å². The molecule has 3 N–H and O–H groups in total. The van der Waals surface area contributed by atoms with Gasteiger partial charge in [0.25, 0.3) is 0 Å². The Kier molecular flexibility index (Phi) is 3.19. The van der Waals surface area contributed by atoms with E-state index in [1.54, 1.807) is 29.2 Å². The number of hydrazine groups is 1. The van der Waals surface area contributed by atoms with Crippen molar-refractivity contribution in [3.8, 4) is 0 Å². The molecule has 0 aliphatic rings. The Bertz CT molecular complexity index is 482. The smallest absolute Gasteiger partial charge is 0.0926 e. The summed E-state index contributed by atoms with van der Waals surface area (Å²) in [6.07, 6.45) is 5.28. The second kappa shape index (κ2) is 4.61. The van der Waals surface area contributed by atoms with Crippen molar-refractivity contribution in [3.63, 3.8) is 0 Å². The summed E-state index contributed by atoms with van der Waals surface area (Å²) in [5.41, 5.74) is 4.30. The van der Waals surface area contributed by atoms with E-state index in [-0.39, 0.29) is 6.04 Å². The standard InChI is InChI=1S/C10H12ClN5/c1-16-6-7(5-14-16)9(15-12)10-8(11)3-2-4-13-10/h2-6,9,15H,12H2,1H3. The fourth-order valence-electron chi connectivity index (χ4n) is 1.53. The summed E-state index contributed by atoms with van der Waals surface area (Å²) in [7, 11) is 1.84. The molecule has 0 amide bonds. The van der Waals surface area contributed by atoms with E-state index >= 15 is 0 Å². The molecule has 0 aromatic carbocycles. The molecule has 0 saturated heterocycles. The average molecular weight is 238 g/mol. The number of nitrogens with two attached hydrogens (primary N) is 1. The van der Waals surface area contributed by atoms with Gasteiger partial charge in [0.05, 0.1) is 23.0 Å². The molecule has 0 saturated carbocycles. The highest BCUT2D eigenvalue weighted by Crippen LogP contribution is 2.24. The van der Waals surface area contributed by atoms with Crippen LogP contribution < -0.4 is 11.3 Å². The number of hydrogen-bond acceptors (Lipinski definition) is 4. The molecule has 1 atom stereocenters. The average Bonchev–Trinajstić information content (AvgIpc) is 2.69. The molecule has 2 aromatic heterocycles. The third kappa shape index (κ3) is 2.06. The zero-order valence-corrected chi connectivity index (χ0v) is 9.52. The number of hydrogen-bond donors (Lipinski definition) is 2. The fraction of sp³-hybridized carbons (Fsp3) is 0.200. The Morgan fingerprint density at radius 2 is 2.38 bits per heavy atom. The van der Waals surface area contributed by atoms with Gasteiger partial charge < -0.3 is 0 Å². The van der Waals surface area contributed by atoms with Crippen molar-refractivity contribution in [1.29, 1.82) is 0 Å². The van der Waals surface area contributed by atoms with Gasteiger partial charge in [-0.15, -0.1) is 0 Å². The van der Waals surface area contributed by atoms with Crippen molar-refractivity contribution in [2.75, 3.05) is 0 Å². The summed E-state index contributed by atoms with van der Waals surface area (Å²) in [5.74, 6) is 5.53. The monoisotopic (exact) mass is 237 g/mol. The molecule has 84 valence electrons. The SMILES string of the molecule is Cn1cc(C(NN)c2ncccc2Cl)cn1. The quantitative estimate of drug-likeness (QED) is 0.618. The maximum absolute atomic E-state index is 6.07. The van der Waals surface area contributed by atoms with Crippen molar-refractivity contribution in [1.82, 2.24) is 20.2 Å². The Morgan fingerprint density at radius 1 is 1.56 bits per heavy atom. The minimum atomic E-state index is -0.248. The topological polar surface area (TPSA) is 68.8 Å². The maximum atomic E-state index is 6.07. The number of aryl methyl sites for hydroxylation is 1. The predicted molar refractivity (Wildman–Crippen MR) is 61.6 cm³/mol. The highest BCUT2D eigenvalue weighted by Gasteiger charge is 2.17. The van der Waals surface area contributed by atoms with Crippen LogP contribution in [0.1, 0.15) is 17.3 Å². The lowest BCUT2D eigenvalue weighted by molar-refractivity contribution is 0.620. The maximum Gasteiger partial charge on any atom is 0.0926 e. The number of pyridine rings is 1. The number of halogens is 1. The van der Waals surface area contributed by atoms with Gasteiger partial charge in [-0.2, -0.15) is 5.10 Å². The second-order valence-corrected chi connectivity index (χ2v) is 3.82. The van der Waals surface area contributed by atoms with E-state index in [2.05, 4.69) is 15.5 Å². The van der Waals surface area contributed by atoms with Crippen molar-refractivity contribution in [2.45, 2.75) is 6.04 Å². The zero-order chi connectivity index (χ0) is 11.5. The first-order valence-electron chi connectivity index (χ1n) is 4.77. The first kappa shape index (κ1) is 11.1. The molecule has 6 heteroatoms. The molecule has 5 nitrogen and oxygen atoms in total. The highest BCUT2D eigenvalue weighted by atomic mass is 35.5. The molecule has 0 radical (unpaired) electrons. The summed E-state index contributed by atoms with van der Waals surface area (Å²) >= 11 is 6.07. The molecule has 0 spiro atoms. The molecule has 0 bridgehead atoms. The Morgan fingerprint density at radius 3 is 2.94 bits per heavy atom. The first-order chi connectivity index (χ1) is 7.72. The van der Waals surface area contributed by atoms with E-state index in [0.29, 0.717) is 10.7 Å². The van der Waals surface area contributed by atoms with Gasteiger partial charge in [0, 0.05) is 25.0 Å². The summed E-state index contributed by atoms with van der Waals surface area (Å²) in [4.78, 5) is 4.22. The lowest BCUT2D eigenvalue weighted by Gasteiger charge is -2.14. The van der Waals surface area contributed by atoms with Gasteiger partial charge in [0.1, 0.15) is 0 Å². The third-order valence-electron chi connectivity index (χ3n) is 2.29. The van der Waals surface area contributed by atoms with E-state index < -0.39 is 0 Å². The van der Waals surface area contributed by atoms with E-state index in [9.17, 15) is 0 Å². The van der Waals surface area contributed by atoms with Crippen LogP contribution in [0.2, 0.25) is 5.02 Å². The predicted octanol–water partition coefficient (Wildman–Crippen LogP) is 1.02.